The third-order valence-electron chi connectivity index (χ3n) is 6.53. The van der Waals surface area contributed by atoms with Crippen molar-refractivity contribution in [3.63, 3.8) is 0 Å². The maximum atomic E-state index is 13.3. The number of nitrogens with zero attached hydrogens (tertiary/aromatic N) is 2. The number of nitrogens with one attached hydrogen (secondary N) is 2. The molecule has 0 spiro atoms. The minimum absolute atomic E-state index is 0.113. The molecule has 4 aromatic carbocycles. The quantitative estimate of drug-likeness (QED) is 0.207. The molecule has 1 heterocycles. The van der Waals surface area contributed by atoms with Crippen LogP contribution in [0.3, 0.4) is 0 Å². The van der Waals surface area contributed by atoms with Crippen LogP contribution in [0.4, 0.5) is 11.4 Å². The van der Waals surface area contributed by atoms with Crippen LogP contribution >= 0.6 is 0 Å². The van der Waals surface area contributed by atoms with Gasteiger partial charge in [0.1, 0.15) is 5.82 Å². The van der Waals surface area contributed by atoms with E-state index in [9.17, 15) is 19.7 Å². The molecule has 8 nitrogen and oxygen atoms in total. The zero-order chi connectivity index (χ0) is 26.4. The van der Waals surface area contributed by atoms with Crippen LogP contribution in [0.1, 0.15) is 22.8 Å². The van der Waals surface area contributed by atoms with Crippen LogP contribution in [-0.2, 0) is 4.79 Å². The van der Waals surface area contributed by atoms with E-state index in [1.165, 1.54) is 19.1 Å². The highest BCUT2D eigenvalue weighted by atomic mass is 16.6. The van der Waals surface area contributed by atoms with Gasteiger partial charge in [-0.25, -0.2) is 4.98 Å². The largest absolute Gasteiger partial charge is 0.337 e. The molecule has 0 saturated carbocycles. The van der Waals surface area contributed by atoms with Crippen LogP contribution in [0.5, 0.6) is 0 Å². The average Bonchev–Trinajstić information content (AvgIpc) is 3.49. The van der Waals surface area contributed by atoms with Crippen LogP contribution in [0.15, 0.2) is 91.0 Å². The number of aromatic nitrogens is 2. The van der Waals surface area contributed by atoms with Crippen LogP contribution in [0.2, 0.25) is 0 Å². The van der Waals surface area contributed by atoms with E-state index in [0.717, 1.165) is 27.9 Å². The van der Waals surface area contributed by atoms with E-state index in [-0.39, 0.29) is 17.4 Å². The van der Waals surface area contributed by atoms with Gasteiger partial charge in [-0.05, 0) is 47.5 Å². The van der Waals surface area contributed by atoms with E-state index in [2.05, 4.69) is 10.3 Å². The van der Waals surface area contributed by atoms with Crippen molar-refractivity contribution < 1.29 is 14.5 Å². The first-order valence-corrected chi connectivity index (χ1v) is 11.9. The molecule has 6 rings (SSSR count). The third kappa shape index (κ3) is 3.94. The Balaban J connectivity index is 1.45. The van der Waals surface area contributed by atoms with Crippen molar-refractivity contribution in [3.8, 4) is 45.0 Å². The number of carbonyl (C=O) groups is 2. The summed E-state index contributed by atoms with van der Waals surface area (Å²) in [4.78, 5) is 43.7. The molecule has 0 unspecified atom stereocenters. The van der Waals surface area contributed by atoms with Gasteiger partial charge in [0.05, 0.1) is 16.3 Å². The molecule has 184 valence electrons. The second kappa shape index (κ2) is 8.94. The Labute approximate surface area is 217 Å². The van der Waals surface area contributed by atoms with Crippen LogP contribution < -0.4 is 5.32 Å². The smallest absolute Gasteiger partial charge is 0.270 e. The summed E-state index contributed by atoms with van der Waals surface area (Å²) in [6.45, 7) is 1.46. The SMILES string of the molecule is CC(=O)Nc1ccc(-c2nc(-c3ccc4c(c3)C(=O)c3cc([N+](=O)[O-])ccc3-4)c(-c3ccccc3)[nH]2)cc1. The number of anilines is 1. The van der Waals surface area contributed by atoms with Crippen molar-refractivity contribution in [2.45, 2.75) is 6.92 Å². The molecular formula is C30H20N4O4. The van der Waals surface area contributed by atoms with Gasteiger partial charge < -0.3 is 10.3 Å². The Kier molecular flexibility index (Phi) is 5.42. The lowest BCUT2D eigenvalue weighted by molar-refractivity contribution is -0.384. The van der Waals surface area contributed by atoms with Gasteiger partial charge in [-0.3, -0.25) is 19.7 Å². The summed E-state index contributed by atoms with van der Waals surface area (Å²) >= 11 is 0. The number of aromatic amines is 1. The van der Waals surface area contributed by atoms with Crippen LogP contribution in [0.25, 0.3) is 45.0 Å². The lowest BCUT2D eigenvalue weighted by Gasteiger charge is -2.06. The minimum atomic E-state index is -0.498. The number of H-pyrrole nitrogens is 1. The molecule has 1 aliphatic carbocycles. The molecule has 1 aliphatic rings. The van der Waals surface area contributed by atoms with Gasteiger partial charge in [0.2, 0.25) is 5.91 Å². The van der Waals surface area contributed by atoms with Gasteiger partial charge in [-0.2, -0.15) is 0 Å². The maximum Gasteiger partial charge on any atom is 0.270 e. The second-order valence-electron chi connectivity index (χ2n) is 9.01. The van der Waals surface area contributed by atoms with E-state index in [0.29, 0.717) is 33.9 Å². The Hall–Kier alpha value is -5.37. The van der Waals surface area contributed by atoms with Crippen LogP contribution in [-0.4, -0.2) is 26.6 Å². The molecular weight excluding hydrogens is 480 g/mol. The summed E-state index contributed by atoms with van der Waals surface area (Å²) in [7, 11) is 0. The normalized spacial score (nSPS) is 11.7. The monoisotopic (exact) mass is 500 g/mol. The number of non-ortho nitro benzene ring substituents is 1. The van der Waals surface area contributed by atoms with Gasteiger partial charge in [0.25, 0.3) is 5.69 Å². The van der Waals surface area contributed by atoms with E-state index in [1.54, 1.807) is 12.1 Å². The van der Waals surface area contributed by atoms with Crippen LogP contribution in [0, 0.1) is 10.1 Å². The first kappa shape index (κ1) is 23.1. The number of hydrogen-bond donors (Lipinski definition) is 2. The highest BCUT2D eigenvalue weighted by Crippen LogP contribution is 2.41. The fourth-order valence-corrected chi connectivity index (χ4v) is 4.78. The Bertz CT molecular complexity index is 1760. The minimum Gasteiger partial charge on any atom is -0.337 e. The number of amides is 1. The molecule has 0 fully saturated rings. The predicted molar refractivity (Wildman–Crippen MR) is 145 cm³/mol. The average molecular weight is 501 g/mol. The Morgan fingerprint density at radius 3 is 2.16 bits per heavy atom. The van der Waals surface area contributed by atoms with Crippen molar-refractivity contribution in [2.24, 2.45) is 0 Å². The van der Waals surface area contributed by atoms with Crippen molar-refractivity contribution in [1.29, 1.82) is 0 Å². The lowest BCUT2D eigenvalue weighted by atomic mass is 9.99. The number of ketones is 1. The molecule has 8 heteroatoms. The molecule has 0 atom stereocenters. The zero-order valence-electron chi connectivity index (χ0n) is 20.2. The summed E-state index contributed by atoms with van der Waals surface area (Å²) in [5.74, 6) is 0.248. The maximum absolute atomic E-state index is 13.3. The Morgan fingerprint density at radius 1 is 0.816 bits per heavy atom. The number of hydrogen-bond acceptors (Lipinski definition) is 5. The van der Waals surface area contributed by atoms with E-state index in [4.69, 9.17) is 4.98 Å². The number of nitro groups is 1. The second-order valence-corrected chi connectivity index (χ2v) is 9.01. The fourth-order valence-electron chi connectivity index (χ4n) is 4.78. The number of benzene rings is 4. The van der Waals surface area contributed by atoms with Crippen molar-refractivity contribution in [1.82, 2.24) is 9.97 Å². The van der Waals surface area contributed by atoms with E-state index >= 15 is 0 Å². The number of rotatable bonds is 5. The summed E-state index contributed by atoms with van der Waals surface area (Å²) in [6, 6.07) is 27.1. The first-order valence-electron chi connectivity index (χ1n) is 11.9. The van der Waals surface area contributed by atoms with E-state index in [1.807, 2.05) is 66.7 Å². The van der Waals surface area contributed by atoms with Crippen molar-refractivity contribution >= 4 is 23.1 Å². The van der Waals surface area contributed by atoms with Gasteiger partial charge >= 0.3 is 0 Å². The standard InChI is InChI=1S/C30H20N4O4/c1-17(35)31-21-10-7-19(8-11-21)30-32-27(18-5-3-2-4-6-18)28(33-30)20-9-13-23-24-14-12-22(34(37)38)16-26(24)29(36)25(23)15-20/h2-16H,1H3,(H,31,35)(H,32,33). The van der Waals surface area contributed by atoms with E-state index < -0.39 is 4.92 Å². The topological polar surface area (TPSA) is 118 Å². The third-order valence-corrected chi connectivity index (χ3v) is 6.53. The molecule has 0 saturated heterocycles. The molecule has 0 radical (unpaired) electrons. The lowest BCUT2D eigenvalue weighted by Crippen LogP contribution is -2.05. The molecule has 2 N–H and O–H groups in total. The number of nitro benzene ring substituents is 1. The van der Waals surface area contributed by atoms with Gasteiger partial charge in [-0.1, -0.05) is 42.5 Å². The fraction of sp³-hybridized carbons (Fsp3) is 0.0333. The molecule has 38 heavy (non-hydrogen) atoms. The zero-order valence-corrected chi connectivity index (χ0v) is 20.2. The molecule has 1 aromatic heterocycles. The molecule has 0 aliphatic heterocycles. The number of carbonyl (C=O) groups excluding carboxylic acids is 2. The summed E-state index contributed by atoms with van der Waals surface area (Å²) in [6.07, 6.45) is 0. The number of imidazole rings is 1. The van der Waals surface area contributed by atoms with Crippen molar-refractivity contribution in [2.75, 3.05) is 5.32 Å². The van der Waals surface area contributed by atoms with Gasteiger partial charge in [0, 0.05) is 52.6 Å². The molecule has 5 aromatic rings. The highest BCUT2D eigenvalue weighted by molar-refractivity contribution is 6.22. The summed E-state index contributed by atoms with van der Waals surface area (Å²) in [5.41, 5.74) is 6.81. The molecule has 0 bridgehead atoms. The summed E-state index contributed by atoms with van der Waals surface area (Å²) < 4.78 is 0. The summed E-state index contributed by atoms with van der Waals surface area (Å²) in [5, 5.41) is 14.0. The first-order chi connectivity index (χ1) is 18.4. The van der Waals surface area contributed by atoms with Crippen molar-refractivity contribution in [3.05, 3.63) is 112 Å². The van der Waals surface area contributed by atoms with Gasteiger partial charge in [-0.15, -0.1) is 0 Å². The predicted octanol–water partition coefficient (Wildman–Crippen LogP) is 6.49. The highest BCUT2D eigenvalue weighted by Gasteiger charge is 2.29. The molecule has 1 amide bonds. The number of fused-ring (bicyclic) bond motifs is 3. The van der Waals surface area contributed by atoms with Gasteiger partial charge in [0.15, 0.2) is 5.78 Å². The Morgan fingerprint density at radius 2 is 1.47 bits per heavy atom.